The molecule has 1 aliphatic heterocycles. The Morgan fingerprint density at radius 3 is 2.29 bits per heavy atom. The number of halogens is 2. The lowest BCUT2D eigenvalue weighted by Crippen LogP contribution is -2.42. The van der Waals surface area contributed by atoms with Crippen LogP contribution in [0.25, 0.3) is 0 Å². The second kappa shape index (κ2) is 5.94. The molecule has 1 heterocycles. The Morgan fingerprint density at radius 1 is 1.18 bits per heavy atom. The Balaban J connectivity index is 2.00. The number of anilines is 1. The van der Waals surface area contributed by atoms with E-state index in [0.29, 0.717) is 16.1 Å². The van der Waals surface area contributed by atoms with Gasteiger partial charge in [-0.1, -0.05) is 30.1 Å². The van der Waals surface area contributed by atoms with Crippen molar-refractivity contribution in [1.82, 2.24) is 5.32 Å². The topological polar surface area (TPSA) is 15.3 Å². The molecule has 1 aromatic rings. The van der Waals surface area contributed by atoms with Crippen molar-refractivity contribution in [2.45, 2.75) is 25.8 Å². The van der Waals surface area contributed by atoms with E-state index in [-0.39, 0.29) is 0 Å². The first-order valence-electron chi connectivity index (χ1n) is 6.13. The van der Waals surface area contributed by atoms with Crippen molar-refractivity contribution in [3.63, 3.8) is 0 Å². The van der Waals surface area contributed by atoms with Crippen LogP contribution in [0, 0.1) is 0 Å². The predicted molar refractivity (Wildman–Crippen MR) is 75.4 cm³/mol. The molecule has 0 aromatic heterocycles. The molecule has 1 aliphatic rings. The van der Waals surface area contributed by atoms with Gasteiger partial charge in [-0.25, -0.2) is 0 Å². The van der Waals surface area contributed by atoms with E-state index in [2.05, 4.69) is 17.1 Å². The molecule has 0 aliphatic carbocycles. The zero-order chi connectivity index (χ0) is 12.3. The monoisotopic (exact) mass is 272 g/mol. The minimum atomic E-state index is 0.658. The van der Waals surface area contributed by atoms with E-state index in [1.165, 1.54) is 12.8 Å². The van der Waals surface area contributed by atoms with Crippen LogP contribution in [0.15, 0.2) is 18.2 Å². The van der Waals surface area contributed by atoms with Crippen molar-refractivity contribution in [3.05, 3.63) is 28.2 Å². The van der Waals surface area contributed by atoms with Crippen molar-refractivity contribution < 1.29 is 0 Å². The fourth-order valence-corrected chi connectivity index (χ4v) is 2.87. The molecule has 0 bridgehead atoms. The van der Waals surface area contributed by atoms with Gasteiger partial charge in [0.15, 0.2) is 0 Å². The van der Waals surface area contributed by atoms with Gasteiger partial charge in [0.2, 0.25) is 0 Å². The standard InChI is InChI=1S/C13H18Cl2N2/c1-2-16-12-3-5-17(6-4-12)13-8-10(14)7-11(15)9-13/h7-9,12,16H,2-6H2,1H3. The minimum Gasteiger partial charge on any atom is -0.371 e. The number of hydrogen-bond donors (Lipinski definition) is 1. The molecule has 0 radical (unpaired) electrons. The third kappa shape index (κ3) is 3.51. The van der Waals surface area contributed by atoms with Crippen LogP contribution in [0.3, 0.4) is 0 Å². The van der Waals surface area contributed by atoms with Crippen LogP contribution in [0.1, 0.15) is 19.8 Å². The van der Waals surface area contributed by atoms with E-state index in [4.69, 9.17) is 23.2 Å². The molecule has 4 heteroatoms. The fourth-order valence-electron chi connectivity index (χ4n) is 2.35. The summed E-state index contributed by atoms with van der Waals surface area (Å²) in [6.07, 6.45) is 2.36. The van der Waals surface area contributed by atoms with Crippen LogP contribution in [0.5, 0.6) is 0 Å². The molecule has 0 amide bonds. The van der Waals surface area contributed by atoms with Gasteiger partial charge in [-0.3, -0.25) is 0 Å². The minimum absolute atomic E-state index is 0.658. The van der Waals surface area contributed by atoms with Crippen molar-refractivity contribution in [3.8, 4) is 0 Å². The van der Waals surface area contributed by atoms with Crippen molar-refractivity contribution in [2.24, 2.45) is 0 Å². The summed E-state index contributed by atoms with van der Waals surface area (Å²) in [6, 6.07) is 6.41. The first kappa shape index (κ1) is 13.0. The first-order chi connectivity index (χ1) is 8.19. The van der Waals surface area contributed by atoms with E-state index in [9.17, 15) is 0 Å². The lowest BCUT2D eigenvalue weighted by molar-refractivity contribution is 0.424. The molecule has 0 atom stereocenters. The summed E-state index contributed by atoms with van der Waals surface area (Å²) in [4.78, 5) is 2.35. The van der Waals surface area contributed by atoms with Gasteiger partial charge in [-0.05, 0) is 37.6 Å². The number of piperidine rings is 1. The second-order valence-electron chi connectivity index (χ2n) is 4.45. The molecule has 2 nitrogen and oxygen atoms in total. The van der Waals surface area contributed by atoms with Crippen LogP contribution >= 0.6 is 23.2 Å². The number of nitrogens with one attached hydrogen (secondary N) is 1. The molecule has 0 saturated carbocycles. The van der Waals surface area contributed by atoms with Crippen LogP contribution < -0.4 is 10.2 Å². The molecular weight excluding hydrogens is 255 g/mol. The van der Waals surface area contributed by atoms with Gasteiger partial charge in [0.1, 0.15) is 0 Å². The lowest BCUT2D eigenvalue weighted by Gasteiger charge is -2.34. The quantitative estimate of drug-likeness (QED) is 0.905. The Morgan fingerprint density at radius 2 is 1.76 bits per heavy atom. The molecular formula is C13H18Cl2N2. The summed E-state index contributed by atoms with van der Waals surface area (Å²) < 4.78 is 0. The Labute approximate surface area is 113 Å². The van der Waals surface area contributed by atoms with E-state index >= 15 is 0 Å². The zero-order valence-corrected chi connectivity index (χ0v) is 11.6. The number of nitrogens with zero attached hydrogens (tertiary/aromatic N) is 1. The highest BCUT2D eigenvalue weighted by atomic mass is 35.5. The van der Waals surface area contributed by atoms with Gasteiger partial charge in [-0.15, -0.1) is 0 Å². The third-order valence-corrected chi connectivity index (χ3v) is 3.64. The summed E-state index contributed by atoms with van der Waals surface area (Å²) in [5.74, 6) is 0. The highest BCUT2D eigenvalue weighted by Gasteiger charge is 2.18. The summed E-state index contributed by atoms with van der Waals surface area (Å²) in [6.45, 7) is 5.33. The van der Waals surface area contributed by atoms with Crippen LogP contribution in [0.2, 0.25) is 10.0 Å². The summed E-state index contributed by atoms with van der Waals surface area (Å²) in [5.41, 5.74) is 1.14. The average molecular weight is 273 g/mol. The maximum absolute atomic E-state index is 6.02. The molecule has 0 unspecified atom stereocenters. The largest absolute Gasteiger partial charge is 0.371 e. The molecule has 1 saturated heterocycles. The van der Waals surface area contributed by atoms with E-state index in [1.807, 2.05) is 12.1 Å². The zero-order valence-electron chi connectivity index (χ0n) is 10.0. The average Bonchev–Trinajstić information content (AvgIpc) is 2.29. The smallest absolute Gasteiger partial charge is 0.0441 e. The SMILES string of the molecule is CCNC1CCN(c2cc(Cl)cc(Cl)c2)CC1. The fraction of sp³-hybridized carbons (Fsp3) is 0.538. The Hall–Kier alpha value is -0.440. The summed E-state index contributed by atoms with van der Waals surface area (Å²) in [5, 5.41) is 4.92. The third-order valence-electron chi connectivity index (χ3n) is 3.20. The van der Waals surface area contributed by atoms with Gasteiger partial charge in [-0.2, -0.15) is 0 Å². The van der Waals surface area contributed by atoms with Gasteiger partial charge >= 0.3 is 0 Å². The maximum atomic E-state index is 6.02. The summed E-state index contributed by atoms with van der Waals surface area (Å²) >= 11 is 12.0. The van der Waals surface area contributed by atoms with Gasteiger partial charge in [0.25, 0.3) is 0 Å². The second-order valence-corrected chi connectivity index (χ2v) is 5.32. The molecule has 2 rings (SSSR count). The van der Waals surface area contributed by atoms with Crippen molar-refractivity contribution >= 4 is 28.9 Å². The van der Waals surface area contributed by atoms with Gasteiger partial charge < -0.3 is 10.2 Å². The molecule has 94 valence electrons. The van der Waals surface area contributed by atoms with E-state index < -0.39 is 0 Å². The predicted octanol–water partition coefficient (Wildman–Crippen LogP) is 3.57. The van der Waals surface area contributed by atoms with E-state index in [1.54, 1.807) is 6.07 Å². The van der Waals surface area contributed by atoms with Crippen molar-refractivity contribution in [2.75, 3.05) is 24.5 Å². The Kier molecular flexibility index (Phi) is 4.55. The molecule has 0 spiro atoms. The molecule has 1 fully saturated rings. The van der Waals surface area contributed by atoms with Gasteiger partial charge in [0, 0.05) is 34.9 Å². The number of benzene rings is 1. The maximum Gasteiger partial charge on any atom is 0.0441 e. The van der Waals surface area contributed by atoms with Gasteiger partial charge in [0.05, 0.1) is 0 Å². The van der Waals surface area contributed by atoms with Crippen LogP contribution in [-0.2, 0) is 0 Å². The van der Waals surface area contributed by atoms with Crippen LogP contribution in [0.4, 0.5) is 5.69 Å². The first-order valence-corrected chi connectivity index (χ1v) is 6.89. The number of hydrogen-bond acceptors (Lipinski definition) is 2. The lowest BCUT2D eigenvalue weighted by atomic mass is 10.0. The summed E-state index contributed by atoms with van der Waals surface area (Å²) in [7, 11) is 0. The molecule has 17 heavy (non-hydrogen) atoms. The van der Waals surface area contributed by atoms with Crippen LogP contribution in [-0.4, -0.2) is 25.7 Å². The molecule has 1 N–H and O–H groups in total. The number of rotatable bonds is 3. The normalized spacial score (nSPS) is 17.5. The van der Waals surface area contributed by atoms with Crippen molar-refractivity contribution in [1.29, 1.82) is 0 Å². The van der Waals surface area contributed by atoms with E-state index in [0.717, 1.165) is 25.3 Å². The molecule has 1 aromatic carbocycles. The highest BCUT2D eigenvalue weighted by Crippen LogP contribution is 2.27. The Bertz CT molecular complexity index is 353. The highest BCUT2D eigenvalue weighted by molar-refractivity contribution is 6.35.